The molecule has 0 aliphatic heterocycles. The summed E-state index contributed by atoms with van der Waals surface area (Å²) in [7, 11) is 1.70. The first-order valence-electron chi connectivity index (χ1n) is 4.71. The third-order valence-electron chi connectivity index (χ3n) is 2.68. The van der Waals surface area contributed by atoms with E-state index in [9.17, 15) is 0 Å². The Balaban J connectivity index is 2.31. The highest BCUT2D eigenvalue weighted by Crippen LogP contribution is 2.24. The minimum absolute atomic E-state index is 0.348. The second-order valence-electron chi connectivity index (χ2n) is 3.64. The van der Waals surface area contributed by atoms with Gasteiger partial charge >= 0.3 is 0 Å². The Morgan fingerprint density at radius 2 is 2.23 bits per heavy atom. The van der Waals surface area contributed by atoms with Crippen molar-refractivity contribution in [2.75, 3.05) is 7.11 Å². The molecule has 2 heteroatoms. The van der Waals surface area contributed by atoms with Crippen LogP contribution in [0.2, 0.25) is 0 Å². The van der Waals surface area contributed by atoms with Crippen molar-refractivity contribution in [2.45, 2.75) is 25.3 Å². The Kier molecular flexibility index (Phi) is 2.23. The number of hydrogen-bond acceptors (Lipinski definition) is 2. The molecule has 0 heterocycles. The fourth-order valence-electron chi connectivity index (χ4n) is 1.89. The Morgan fingerprint density at radius 1 is 1.38 bits per heavy atom. The predicted octanol–water partition coefficient (Wildman–Crippen LogP) is 1.51. The lowest BCUT2D eigenvalue weighted by Crippen LogP contribution is -2.27. The summed E-state index contributed by atoms with van der Waals surface area (Å²) in [5.41, 5.74) is 8.68. The maximum absolute atomic E-state index is 5.89. The van der Waals surface area contributed by atoms with Crippen molar-refractivity contribution in [1.82, 2.24) is 0 Å². The largest absolute Gasteiger partial charge is 0.497 e. The van der Waals surface area contributed by atoms with Gasteiger partial charge in [0.15, 0.2) is 0 Å². The van der Waals surface area contributed by atoms with Crippen LogP contribution in [0.15, 0.2) is 18.2 Å². The van der Waals surface area contributed by atoms with Crippen LogP contribution >= 0.6 is 0 Å². The van der Waals surface area contributed by atoms with Crippen LogP contribution in [0.5, 0.6) is 5.75 Å². The number of fused-ring (bicyclic) bond motifs is 1. The average Bonchev–Trinajstić information content (AvgIpc) is 2.17. The lowest BCUT2D eigenvalue weighted by atomic mass is 9.89. The number of aryl methyl sites for hydroxylation is 1. The molecule has 1 aromatic rings. The molecular formula is C11H15NO. The van der Waals surface area contributed by atoms with Crippen LogP contribution in [-0.4, -0.2) is 13.2 Å². The molecule has 2 N–H and O–H groups in total. The molecule has 1 aromatic carbocycles. The molecule has 2 nitrogen and oxygen atoms in total. The van der Waals surface area contributed by atoms with Gasteiger partial charge in [-0.3, -0.25) is 0 Å². The molecular weight excluding hydrogens is 162 g/mol. The summed E-state index contributed by atoms with van der Waals surface area (Å²) in [6, 6.07) is 6.62. The molecule has 0 saturated heterocycles. The standard InChI is InChI=1S/C11H15NO/c1-13-11-5-3-8-6-10(12)4-2-9(8)7-11/h3,5,7,10H,2,4,6,12H2,1H3/t10-/m0/s1. The summed E-state index contributed by atoms with van der Waals surface area (Å²) in [5.74, 6) is 0.953. The average molecular weight is 177 g/mol. The highest BCUT2D eigenvalue weighted by Gasteiger charge is 2.15. The topological polar surface area (TPSA) is 35.2 Å². The van der Waals surface area contributed by atoms with Gasteiger partial charge in [0.1, 0.15) is 5.75 Å². The van der Waals surface area contributed by atoms with Gasteiger partial charge in [0.2, 0.25) is 0 Å². The van der Waals surface area contributed by atoms with E-state index in [1.165, 1.54) is 11.1 Å². The summed E-state index contributed by atoms with van der Waals surface area (Å²) in [6.45, 7) is 0. The quantitative estimate of drug-likeness (QED) is 0.705. The van der Waals surface area contributed by atoms with E-state index in [1.807, 2.05) is 6.07 Å². The van der Waals surface area contributed by atoms with E-state index in [4.69, 9.17) is 10.5 Å². The monoisotopic (exact) mass is 177 g/mol. The minimum Gasteiger partial charge on any atom is -0.497 e. The molecule has 0 bridgehead atoms. The maximum atomic E-state index is 5.89. The molecule has 1 aliphatic rings. The summed E-state index contributed by atoms with van der Waals surface area (Å²) < 4.78 is 5.18. The molecule has 0 unspecified atom stereocenters. The van der Waals surface area contributed by atoms with Crippen LogP contribution in [0.3, 0.4) is 0 Å². The van der Waals surface area contributed by atoms with E-state index in [2.05, 4.69) is 12.1 Å². The minimum atomic E-state index is 0.348. The molecule has 0 spiro atoms. The van der Waals surface area contributed by atoms with Crippen LogP contribution < -0.4 is 10.5 Å². The van der Waals surface area contributed by atoms with Crippen molar-refractivity contribution in [2.24, 2.45) is 5.73 Å². The number of ether oxygens (including phenoxy) is 1. The van der Waals surface area contributed by atoms with Crippen LogP contribution in [0.25, 0.3) is 0 Å². The molecule has 0 aromatic heterocycles. The van der Waals surface area contributed by atoms with Gasteiger partial charge in [0, 0.05) is 6.04 Å². The lowest BCUT2D eigenvalue weighted by molar-refractivity contribution is 0.413. The Hall–Kier alpha value is -1.02. The first-order valence-corrected chi connectivity index (χ1v) is 4.71. The van der Waals surface area contributed by atoms with E-state index in [-0.39, 0.29) is 0 Å². The Labute approximate surface area is 78.7 Å². The van der Waals surface area contributed by atoms with Gasteiger partial charge in [0.05, 0.1) is 7.11 Å². The lowest BCUT2D eigenvalue weighted by Gasteiger charge is -2.21. The summed E-state index contributed by atoms with van der Waals surface area (Å²) in [6.07, 6.45) is 3.20. The van der Waals surface area contributed by atoms with Gasteiger partial charge in [-0.2, -0.15) is 0 Å². The van der Waals surface area contributed by atoms with Gasteiger partial charge in [-0.1, -0.05) is 6.07 Å². The fourth-order valence-corrected chi connectivity index (χ4v) is 1.89. The highest BCUT2D eigenvalue weighted by molar-refractivity contribution is 5.37. The van der Waals surface area contributed by atoms with Crippen molar-refractivity contribution in [3.05, 3.63) is 29.3 Å². The predicted molar refractivity (Wildman–Crippen MR) is 53.0 cm³/mol. The van der Waals surface area contributed by atoms with Gasteiger partial charge in [-0.15, -0.1) is 0 Å². The first-order chi connectivity index (χ1) is 6.29. The first kappa shape index (κ1) is 8.57. The van der Waals surface area contributed by atoms with Crippen LogP contribution in [-0.2, 0) is 12.8 Å². The highest BCUT2D eigenvalue weighted by atomic mass is 16.5. The molecule has 2 rings (SSSR count). The van der Waals surface area contributed by atoms with Gasteiger partial charge in [0.25, 0.3) is 0 Å². The third kappa shape index (κ3) is 1.68. The zero-order valence-corrected chi connectivity index (χ0v) is 7.92. The molecule has 13 heavy (non-hydrogen) atoms. The Bertz CT molecular complexity index is 309. The molecule has 70 valence electrons. The van der Waals surface area contributed by atoms with Crippen molar-refractivity contribution in [3.63, 3.8) is 0 Å². The molecule has 1 aliphatic carbocycles. The van der Waals surface area contributed by atoms with Crippen molar-refractivity contribution in [3.8, 4) is 5.75 Å². The van der Waals surface area contributed by atoms with E-state index in [0.717, 1.165) is 25.0 Å². The maximum Gasteiger partial charge on any atom is 0.119 e. The van der Waals surface area contributed by atoms with Gasteiger partial charge in [-0.05, 0) is 42.5 Å². The number of methoxy groups -OCH3 is 1. The molecule has 1 atom stereocenters. The molecule has 0 amide bonds. The van der Waals surface area contributed by atoms with Gasteiger partial charge in [-0.25, -0.2) is 0 Å². The number of hydrogen-bond donors (Lipinski definition) is 1. The van der Waals surface area contributed by atoms with E-state index in [1.54, 1.807) is 7.11 Å². The Morgan fingerprint density at radius 3 is 3.00 bits per heavy atom. The SMILES string of the molecule is COc1ccc2c(c1)CC[C@H](N)C2. The van der Waals surface area contributed by atoms with Crippen molar-refractivity contribution < 1.29 is 4.74 Å². The van der Waals surface area contributed by atoms with Crippen molar-refractivity contribution in [1.29, 1.82) is 0 Å². The summed E-state index contributed by atoms with van der Waals surface area (Å²) in [5, 5.41) is 0. The summed E-state index contributed by atoms with van der Waals surface area (Å²) >= 11 is 0. The fraction of sp³-hybridized carbons (Fsp3) is 0.455. The number of benzene rings is 1. The smallest absolute Gasteiger partial charge is 0.119 e. The van der Waals surface area contributed by atoms with Crippen LogP contribution in [0.1, 0.15) is 17.5 Å². The van der Waals surface area contributed by atoms with E-state index in [0.29, 0.717) is 6.04 Å². The normalized spacial score (nSPS) is 20.9. The number of nitrogens with two attached hydrogens (primary N) is 1. The molecule has 0 radical (unpaired) electrons. The zero-order valence-electron chi connectivity index (χ0n) is 7.92. The van der Waals surface area contributed by atoms with E-state index >= 15 is 0 Å². The second kappa shape index (κ2) is 3.38. The zero-order chi connectivity index (χ0) is 9.26. The van der Waals surface area contributed by atoms with Crippen LogP contribution in [0, 0.1) is 0 Å². The second-order valence-corrected chi connectivity index (χ2v) is 3.64. The third-order valence-corrected chi connectivity index (χ3v) is 2.68. The summed E-state index contributed by atoms with van der Waals surface area (Å²) in [4.78, 5) is 0. The molecule has 0 saturated carbocycles. The molecule has 0 fully saturated rings. The van der Waals surface area contributed by atoms with E-state index < -0.39 is 0 Å². The number of rotatable bonds is 1. The van der Waals surface area contributed by atoms with Crippen molar-refractivity contribution >= 4 is 0 Å². The van der Waals surface area contributed by atoms with Crippen LogP contribution in [0.4, 0.5) is 0 Å². The van der Waals surface area contributed by atoms with Gasteiger partial charge < -0.3 is 10.5 Å².